The lowest BCUT2D eigenvalue weighted by Gasteiger charge is -2.23. The van der Waals surface area contributed by atoms with E-state index in [1.54, 1.807) is 0 Å². The quantitative estimate of drug-likeness (QED) is 0.552. The van der Waals surface area contributed by atoms with Crippen LogP contribution in [0.3, 0.4) is 0 Å². The summed E-state index contributed by atoms with van der Waals surface area (Å²) in [6.45, 7) is 2.43. The average Bonchev–Trinajstić information content (AvgIpc) is 2.38. The Labute approximate surface area is 105 Å². The summed E-state index contributed by atoms with van der Waals surface area (Å²) in [6.07, 6.45) is 2.07. The highest BCUT2D eigenvalue weighted by Gasteiger charge is 2.14. The standard InChI is InChI=1S/C12H17N3O3/c16-12-2-1-11(15(17)18)7-9(12)8-14-10-3-5-13-6-4-10/h1-2,7,10,13-14,16H,3-6,8H2. The SMILES string of the molecule is O=[N+]([O-])c1ccc(O)c(CNC2CCNCC2)c1. The summed E-state index contributed by atoms with van der Waals surface area (Å²) in [7, 11) is 0. The van der Waals surface area contributed by atoms with Crippen molar-refractivity contribution in [2.75, 3.05) is 13.1 Å². The van der Waals surface area contributed by atoms with Crippen LogP contribution in [0.15, 0.2) is 18.2 Å². The van der Waals surface area contributed by atoms with E-state index >= 15 is 0 Å². The van der Waals surface area contributed by atoms with Crippen molar-refractivity contribution in [3.8, 4) is 5.75 Å². The molecule has 0 unspecified atom stereocenters. The number of non-ortho nitro benzene ring substituents is 1. The van der Waals surface area contributed by atoms with Crippen LogP contribution >= 0.6 is 0 Å². The molecule has 1 aromatic carbocycles. The third-order valence-corrected chi connectivity index (χ3v) is 3.19. The molecule has 0 saturated carbocycles. The minimum absolute atomic E-state index is 0.00918. The van der Waals surface area contributed by atoms with E-state index in [2.05, 4.69) is 10.6 Å². The van der Waals surface area contributed by atoms with Crippen molar-refractivity contribution in [3.63, 3.8) is 0 Å². The number of nitro groups is 1. The molecule has 98 valence electrons. The van der Waals surface area contributed by atoms with Gasteiger partial charge in [0.25, 0.3) is 5.69 Å². The molecule has 0 spiro atoms. The second-order valence-corrected chi connectivity index (χ2v) is 4.48. The maximum atomic E-state index is 10.7. The van der Waals surface area contributed by atoms with Crippen LogP contribution in [0, 0.1) is 10.1 Å². The predicted molar refractivity (Wildman–Crippen MR) is 67.5 cm³/mol. The third kappa shape index (κ3) is 3.18. The largest absolute Gasteiger partial charge is 0.508 e. The molecule has 1 aromatic rings. The first kappa shape index (κ1) is 12.8. The van der Waals surface area contributed by atoms with E-state index in [-0.39, 0.29) is 11.4 Å². The van der Waals surface area contributed by atoms with Crippen molar-refractivity contribution < 1.29 is 10.0 Å². The lowest BCUT2D eigenvalue weighted by atomic mass is 10.1. The number of hydrogen-bond donors (Lipinski definition) is 3. The van der Waals surface area contributed by atoms with Gasteiger partial charge < -0.3 is 15.7 Å². The maximum Gasteiger partial charge on any atom is 0.270 e. The molecule has 1 saturated heterocycles. The van der Waals surface area contributed by atoms with Gasteiger partial charge in [0.1, 0.15) is 5.75 Å². The molecular formula is C12H17N3O3. The summed E-state index contributed by atoms with van der Waals surface area (Å²) in [5.74, 6) is 0.0991. The fraction of sp³-hybridized carbons (Fsp3) is 0.500. The number of phenolic OH excluding ortho intramolecular Hbond substituents is 1. The molecule has 1 heterocycles. The van der Waals surface area contributed by atoms with Gasteiger partial charge in [-0.15, -0.1) is 0 Å². The molecule has 1 fully saturated rings. The lowest BCUT2D eigenvalue weighted by molar-refractivity contribution is -0.384. The highest BCUT2D eigenvalue weighted by molar-refractivity contribution is 5.42. The van der Waals surface area contributed by atoms with Crippen molar-refractivity contribution in [2.24, 2.45) is 0 Å². The Balaban J connectivity index is 1.99. The maximum absolute atomic E-state index is 10.7. The van der Waals surface area contributed by atoms with E-state index in [0.717, 1.165) is 25.9 Å². The van der Waals surface area contributed by atoms with Crippen LogP contribution < -0.4 is 10.6 Å². The fourth-order valence-corrected chi connectivity index (χ4v) is 2.11. The smallest absolute Gasteiger partial charge is 0.270 e. The zero-order valence-corrected chi connectivity index (χ0v) is 10.1. The van der Waals surface area contributed by atoms with E-state index in [0.29, 0.717) is 18.2 Å². The van der Waals surface area contributed by atoms with Crippen molar-refractivity contribution in [2.45, 2.75) is 25.4 Å². The summed E-state index contributed by atoms with van der Waals surface area (Å²) in [4.78, 5) is 10.2. The predicted octanol–water partition coefficient (Wildman–Crippen LogP) is 1.14. The van der Waals surface area contributed by atoms with Gasteiger partial charge in [0.05, 0.1) is 4.92 Å². The van der Waals surface area contributed by atoms with Crippen LogP contribution in [-0.2, 0) is 6.54 Å². The van der Waals surface area contributed by atoms with Gasteiger partial charge in [-0.3, -0.25) is 10.1 Å². The molecule has 0 atom stereocenters. The van der Waals surface area contributed by atoms with Gasteiger partial charge in [0.15, 0.2) is 0 Å². The van der Waals surface area contributed by atoms with E-state index < -0.39 is 4.92 Å². The molecule has 6 nitrogen and oxygen atoms in total. The van der Waals surface area contributed by atoms with Crippen molar-refractivity contribution in [1.82, 2.24) is 10.6 Å². The molecule has 2 rings (SSSR count). The van der Waals surface area contributed by atoms with E-state index in [1.165, 1.54) is 18.2 Å². The van der Waals surface area contributed by atoms with E-state index in [9.17, 15) is 15.2 Å². The molecule has 18 heavy (non-hydrogen) atoms. The number of benzene rings is 1. The topological polar surface area (TPSA) is 87.4 Å². The minimum Gasteiger partial charge on any atom is -0.508 e. The van der Waals surface area contributed by atoms with Crippen LogP contribution in [0.5, 0.6) is 5.75 Å². The van der Waals surface area contributed by atoms with Gasteiger partial charge in [-0.1, -0.05) is 0 Å². The highest BCUT2D eigenvalue weighted by atomic mass is 16.6. The van der Waals surface area contributed by atoms with Crippen LogP contribution in [-0.4, -0.2) is 29.2 Å². The fourth-order valence-electron chi connectivity index (χ4n) is 2.11. The Morgan fingerprint density at radius 3 is 2.83 bits per heavy atom. The van der Waals surface area contributed by atoms with Crippen molar-refractivity contribution in [1.29, 1.82) is 0 Å². The van der Waals surface area contributed by atoms with E-state index in [4.69, 9.17) is 0 Å². The third-order valence-electron chi connectivity index (χ3n) is 3.19. The van der Waals surface area contributed by atoms with Crippen LogP contribution in [0.25, 0.3) is 0 Å². The molecule has 0 amide bonds. The number of hydrogen-bond acceptors (Lipinski definition) is 5. The molecule has 0 aromatic heterocycles. The summed E-state index contributed by atoms with van der Waals surface area (Å²) >= 11 is 0. The lowest BCUT2D eigenvalue weighted by Crippen LogP contribution is -2.39. The zero-order valence-electron chi connectivity index (χ0n) is 10.1. The normalized spacial score (nSPS) is 16.7. The first-order valence-electron chi connectivity index (χ1n) is 6.07. The Bertz CT molecular complexity index is 431. The summed E-state index contributed by atoms with van der Waals surface area (Å²) in [5.41, 5.74) is 0.581. The number of nitrogens with zero attached hydrogens (tertiary/aromatic N) is 1. The van der Waals surface area contributed by atoms with Crippen molar-refractivity contribution in [3.05, 3.63) is 33.9 Å². The number of piperidine rings is 1. The summed E-state index contributed by atoms with van der Waals surface area (Å²) in [5, 5.41) is 26.9. The first-order valence-corrected chi connectivity index (χ1v) is 6.07. The van der Waals surface area contributed by atoms with Crippen LogP contribution in [0.2, 0.25) is 0 Å². The zero-order chi connectivity index (χ0) is 13.0. The second-order valence-electron chi connectivity index (χ2n) is 4.48. The number of aromatic hydroxyl groups is 1. The first-order chi connectivity index (χ1) is 8.66. The van der Waals surface area contributed by atoms with Gasteiger partial charge in [-0.2, -0.15) is 0 Å². The minimum atomic E-state index is -0.451. The van der Waals surface area contributed by atoms with E-state index in [1.807, 2.05) is 0 Å². The Morgan fingerprint density at radius 2 is 2.17 bits per heavy atom. The number of phenols is 1. The molecule has 1 aliphatic rings. The van der Waals surface area contributed by atoms with Gasteiger partial charge >= 0.3 is 0 Å². The number of nitrogens with one attached hydrogen (secondary N) is 2. The van der Waals surface area contributed by atoms with Crippen molar-refractivity contribution >= 4 is 5.69 Å². The Hall–Kier alpha value is -1.66. The second kappa shape index (κ2) is 5.79. The van der Waals surface area contributed by atoms with Gasteiger partial charge in [0, 0.05) is 30.3 Å². The molecule has 0 aliphatic carbocycles. The molecule has 0 bridgehead atoms. The molecule has 3 N–H and O–H groups in total. The monoisotopic (exact) mass is 251 g/mol. The molecule has 1 aliphatic heterocycles. The Morgan fingerprint density at radius 1 is 1.44 bits per heavy atom. The van der Waals surface area contributed by atoms with Crippen LogP contribution in [0.4, 0.5) is 5.69 Å². The highest BCUT2D eigenvalue weighted by Crippen LogP contribution is 2.23. The Kier molecular flexibility index (Phi) is 4.11. The van der Waals surface area contributed by atoms with Gasteiger partial charge in [-0.25, -0.2) is 0 Å². The summed E-state index contributed by atoms with van der Waals surface area (Å²) in [6, 6.07) is 4.51. The number of rotatable bonds is 4. The number of nitro benzene ring substituents is 1. The summed E-state index contributed by atoms with van der Waals surface area (Å²) < 4.78 is 0. The van der Waals surface area contributed by atoms with Crippen LogP contribution in [0.1, 0.15) is 18.4 Å². The molecular weight excluding hydrogens is 234 g/mol. The molecule has 0 radical (unpaired) electrons. The average molecular weight is 251 g/mol. The molecule has 6 heteroatoms. The van der Waals surface area contributed by atoms with Gasteiger partial charge in [0.2, 0.25) is 0 Å². The van der Waals surface area contributed by atoms with Gasteiger partial charge in [-0.05, 0) is 32.0 Å².